The first-order valence-corrected chi connectivity index (χ1v) is 8.89. The monoisotopic (exact) mass is 344 g/mol. The summed E-state index contributed by atoms with van der Waals surface area (Å²) in [6.07, 6.45) is 1.38. The number of hydrogen-bond acceptors (Lipinski definition) is 3. The molecule has 5 nitrogen and oxygen atoms in total. The van der Waals surface area contributed by atoms with Crippen molar-refractivity contribution in [2.24, 2.45) is 0 Å². The van der Waals surface area contributed by atoms with E-state index in [2.05, 4.69) is 17.0 Å². The van der Waals surface area contributed by atoms with Crippen molar-refractivity contribution in [2.75, 3.05) is 33.2 Å². The zero-order chi connectivity index (χ0) is 18.0. The van der Waals surface area contributed by atoms with Gasteiger partial charge >= 0.3 is 0 Å². The lowest BCUT2D eigenvalue weighted by Gasteiger charge is -2.32. The van der Waals surface area contributed by atoms with E-state index >= 15 is 0 Å². The summed E-state index contributed by atoms with van der Waals surface area (Å²) in [7, 11) is 2.07. The minimum absolute atomic E-state index is 0.0650. The second-order valence-corrected chi connectivity index (χ2v) is 6.46. The molecule has 3 rings (SSSR count). The summed E-state index contributed by atoms with van der Waals surface area (Å²) in [4.78, 5) is 17.3. The summed E-state index contributed by atoms with van der Waals surface area (Å²) in [6, 6.07) is 6.24. The molecule has 6 heteroatoms. The van der Waals surface area contributed by atoms with Gasteiger partial charge in [-0.2, -0.15) is 5.10 Å². The van der Waals surface area contributed by atoms with Crippen molar-refractivity contribution in [2.45, 2.75) is 26.7 Å². The lowest BCUT2D eigenvalue weighted by Crippen LogP contribution is -2.47. The summed E-state index contributed by atoms with van der Waals surface area (Å²) in [5, 5.41) is 4.67. The average Bonchev–Trinajstić information content (AvgIpc) is 3.01. The molecule has 0 saturated carbocycles. The highest BCUT2D eigenvalue weighted by Crippen LogP contribution is 2.23. The number of carbonyl (C=O) groups excluding carboxylic acids is 1. The van der Waals surface area contributed by atoms with Crippen LogP contribution < -0.4 is 0 Å². The van der Waals surface area contributed by atoms with Gasteiger partial charge in [0.1, 0.15) is 5.82 Å². The maximum Gasteiger partial charge on any atom is 0.257 e. The second kappa shape index (κ2) is 7.35. The van der Waals surface area contributed by atoms with Crippen molar-refractivity contribution in [1.29, 1.82) is 0 Å². The fourth-order valence-corrected chi connectivity index (χ4v) is 3.29. The lowest BCUT2D eigenvalue weighted by atomic mass is 10.1. The van der Waals surface area contributed by atoms with Crippen LogP contribution in [0.25, 0.3) is 5.69 Å². The fraction of sp³-hybridized carbons (Fsp3) is 0.474. The predicted molar refractivity (Wildman–Crippen MR) is 95.7 cm³/mol. The van der Waals surface area contributed by atoms with E-state index in [1.807, 2.05) is 18.7 Å². The highest BCUT2D eigenvalue weighted by molar-refractivity contribution is 5.96. The van der Waals surface area contributed by atoms with Crippen molar-refractivity contribution >= 4 is 5.91 Å². The third kappa shape index (κ3) is 3.44. The zero-order valence-electron chi connectivity index (χ0n) is 15.1. The quantitative estimate of drug-likeness (QED) is 0.856. The van der Waals surface area contributed by atoms with Crippen LogP contribution in [0.1, 0.15) is 35.6 Å². The van der Waals surface area contributed by atoms with Crippen molar-refractivity contribution in [3.63, 3.8) is 0 Å². The minimum Gasteiger partial charge on any atom is -0.336 e. The molecule has 1 aliphatic heterocycles. The Kier molecular flexibility index (Phi) is 5.18. The Bertz CT molecular complexity index is 746. The van der Waals surface area contributed by atoms with Gasteiger partial charge in [-0.15, -0.1) is 0 Å². The SMILES string of the molecule is CCc1nn(-c2ccc(F)cc2)c(CC)c1C(=O)N1CCN(C)CC1. The molecule has 2 heterocycles. The summed E-state index contributed by atoms with van der Waals surface area (Å²) in [6.45, 7) is 7.29. The van der Waals surface area contributed by atoms with Crippen LogP contribution in [0.5, 0.6) is 0 Å². The van der Waals surface area contributed by atoms with Crippen LogP contribution in [0, 0.1) is 5.82 Å². The van der Waals surface area contributed by atoms with Gasteiger partial charge in [0.05, 0.1) is 22.6 Å². The van der Waals surface area contributed by atoms with Gasteiger partial charge in [0.2, 0.25) is 0 Å². The van der Waals surface area contributed by atoms with Crippen LogP contribution in [0.15, 0.2) is 24.3 Å². The number of aromatic nitrogens is 2. The van der Waals surface area contributed by atoms with Crippen LogP contribution in [-0.4, -0.2) is 58.7 Å². The molecule has 1 aromatic carbocycles. The van der Waals surface area contributed by atoms with E-state index in [-0.39, 0.29) is 11.7 Å². The third-order valence-electron chi connectivity index (χ3n) is 4.80. The Balaban J connectivity index is 2.00. The second-order valence-electron chi connectivity index (χ2n) is 6.46. The number of piperazine rings is 1. The Hall–Kier alpha value is -2.21. The first-order valence-electron chi connectivity index (χ1n) is 8.89. The van der Waals surface area contributed by atoms with E-state index in [1.165, 1.54) is 12.1 Å². The average molecular weight is 344 g/mol. The highest BCUT2D eigenvalue weighted by atomic mass is 19.1. The minimum atomic E-state index is -0.279. The maximum atomic E-state index is 13.2. The van der Waals surface area contributed by atoms with Gasteiger partial charge in [0, 0.05) is 26.2 Å². The van der Waals surface area contributed by atoms with Crippen LogP contribution in [0.4, 0.5) is 4.39 Å². The summed E-state index contributed by atoms with van der Waals surface area (Å²) in [5.41, 5.74) is 3.21. The molecule has 1 aliphatic rings. The Morgan fingerprint density at radius 3 is 2.28 bits per heavy atom. The van der Waals surface area contributed by atoms with Gasteiger partial charge in [0.25, 0.3) is 5.91 Å². The number of likely N-dealkylation sites (N-methyl/N-ethyl adjacent to an activating group) is 1. The number of nitrogens with zero attached hydrogens (tertiary/aromatic N) is 4. The van der Waals surface area contributed by atoms with Gasteiger partial charge in [-0.1, -0.05) is 13.8 Å². The van der Waals surface area contributed by atoms with Crippen molar-refractivity contribution in [3.05, 3.63) is 47.0 Å². The molecule has 0 atom stereocenters. The summed E-state index contributed by atoms with van der Waals surface area (Å²) >= 11 is 0. The molecule has 1 saturated heterocycles. The van der Waals surface area contributed by atoms with Crippen molar-refractivity contribution < 1.29 is 9.18 Å². The molecule has 25 heavy (non-hydrogen) atoms. The van der Waals surface area contributed by atoms with Gasteiger partial charge in [-0.05, 0) is 44.2 Å². The number of hydrogen-bond donors (Lipinski definition) is 0. The number of rotatable bonds is 4. The largest absolute Gasteiger partial charge is 0.336 e. The number of carbonyl (C=O) groups is 1. The number of amides is 1. The molecular weight excluding hydrogens is 319 g/mol. The van der Waals surface area contributed by atoms with E-state index in [9.17, 15) is 9.18 Å². The molecule has 0 spiro atoms. The van der Waals surface area contributed by atoms with Crippen LogP contribution >= 0.6 is 0 Å². The van der Waals surface area contributed by atoms with Gasteiger partial charge in [-0.3, -0.25) is 4.79 Å². The molecule has 1 aromatic heterocycles. The molecule has 1 amide bonds. The number of halogens is 1. The molecule has 0 aliphatic carbocycles. The fourth-order valence-electron chi connectivity index (χ4n) is 3.29. The molecule has 0 bridgehead atoms. The first-order chi connectivity index (χ1) is 12.0. The van der Waals surface area contributed by atoms with E-state index in [4.69, 9.17) is 0 Å². The topological polar surface area (TPSA) is 41.4 Å². The van der Waals surface area contributed by atoms with Gasteiger partial charge in [0.15, 0.2) is 0 Å². The summed E-state index contributed by atoms with van der Waals surface area (Å²) < 4.78 is 15.0. The third-order valence-corrected chi connectivity index (χ3v) is 4.80. The van der Waals surface area contributed by atoms with E-state index in [0.29, 0.717) is 12.8 Å². The predicted octanol–water partition coefficient (Wildman–Crippen LogP) is 2.52. The molecule has 0 unspecified atom stereocenters. The van der Waals surface area contributed by atoms with Crippen LogP contribution in [-0.2, 0) is 12.8 Å². The van der Waals surface area contributed by atoms with E-state index in [1.54, 1.807) is 16.8 Å². The van der Waals surface area contributed by atoms with Crippen LogP contribution in [0.2, 0.25) is 0 Å². The van der Waals surface area contributed by atoms with Crippen molar-refractivity contribution in [1.82, 2.24) is 19.6 Å². The highest BCUT2D eigenvalue weighted by Gasteiger charge is 2.28. The van der Waals surface area contributed by atoms with Crippen molar-refractivity contribution in [3.8, 4) is 5.69 Å². The zero-order valence-corrected chi connectivity index (χ0v) is 15.1. The lowest BCUT2D eigenvalue weighted by molar-refractivity contribution is 0.0662. The summed E-state index contributed by atoms with van der Waals surface area (Å²) in [5.74, 6) is -0.214. The van der Waals surface area contributed by atoms with Gasteiger partial charge in [-0.25, -0.2) is 9.07 Å². The molecule has 0 radical (unpaired) electrons. The normalized spacial score (nSPS) is 15.6. The molecule has 134 valence electrons. The smallest absolute Gasteiger partial charge is 0.257 e. The molecular formula is C19H25FN4O. The van der Waals surface area contributed by atoms with E-state index < -0.39 is 0 Å². The molecule has 0 N–H and O–H groups in total. The van der Waals surface area contributed by atoms with Crippen LogP contribution in [0.3, 0.4) is 0 Å². The maximum absolute atomic E-state index is 13.2. The first kappa shape index (κ1) is 17.6. The number of benzene rings is 1. The molecule has 2 aromatic rings. The number of aryl methyl sites for hydroxylation is 1. The molecule has 1 fully saturated rings. The Morgan fingerprint density at radius 1 is 1.08 bits per heavy atom. The van der Waals surface area contributed by atoms with Gasteiger partial charge < -0.3 is 9.80 Å². The van der Waals surface area contributed by atoms with E-state index in [0.717, 1.165) is 48.8 Å². The Morgan fingerprint density at radius 2 is 1.72 bits per heavy atom. The Labute approximate surface area is 148 Å². The standard InChI is InChI=1S/C19H25FN4O/c1-4-16-18(19(25)23-12-10-22(3)11-13-23)17(5-2)24(21-16)15-8-6-14(20)7-9-15/h6-9H,4-5,10-13H2,1-3H3.